The maximum atomic E-state index is 11.9. The molecule has 0 aromatic rings. The van der Waals surface area contributed by atoms with Crippen molar-refractivity contribution >= 4 is 17.9 Å². The number of carboxylic acids is 1. The van der Waals surface area contributed by atoms with Crippen LogP contribution in [0.3, 0.4) is 0 Å². The van der Waals surface area contributed by atoms with Crippen LogP contribution in [0.1, 0.15) is 27.2 Å². The normalized spacial score (nSPS) is 23.2. The first-order valence-electron chi connectivity index (χ1n) is 6.14. The molecule has 108 valence electrons. The minimum Gasteiger partial charge on any atom is -0.481 e. The molecule has 1 unspecified atom stereocenters. The Morgan fingerprint density at radius 3 is 2.42 bits per heavy atom. The van der Waals surface area contributed by atoms with Crippen molar-refractivity contribution in [2.24, 2.45) is 16.6 Å². The van der Waals surface area contributed by atoms with Gasteiger partial charge in [-0.3, -0.25) is 9.59 Å². The largest absolute Gasteiger partial charge is 0.481 e. The average Bonchev–Trinajstić information content (AvgIpc) is 2.70. The molecular formula is C12H21N3O4. The van der Waals surface area contributed by atoms with E-state index < -0.39 is 22.7 Å². The third kappa shape index (κ3) is 3.36. The van der Waals surface area contributed by atoms with Gasteiger partial charge in [-0.25, -0.2) is 4.79 Å². The van der Waals surface area contributed by atoms with Crippen LogP contribution in [0, 0.1) is 10.8 Å². The molecule has 7 heteroatoms. The van der Waals surface area contributed by atoms with Crippen LogP contribution in [0.25, 0.3) is 0 Å². The van der Waals surface area contributed by atoms with Crippen LogP contribution in [-0.2, 0) is 9.59 Å². The van der Waals surface area contributed by atoms with E-state index in [1.54, 1.807) is 20.8 Å². The third-order valence-electron chi connectivity index (χ3n) is 3.63. The molecule has 0 bridgehead atoms. The number of carbonyl (C=O) groups excluding carboxylic acids is 2. The lowest BCUT2D eigenvalue weighted by molar-refractivity contribution is -0.147. The van der Waals surface area contributed by atoms with Gasteiger partial charge in [0.05, 0.1) is 10.8 Å². The number of nitrogens with two attached hydrogens (primary N) is 1. The summed E-state index contributed by atoms with van der Waals surface area (Å²) < 4.78 is 0. The number of rotatable bonds is 4. The highest BCUT2D eigenvalue weighted by molar-refractivity contribution is 5.82. The molecular weight excluding hydrogens is 250 g/mol. The molecule has 0 aliphatic carbocycles. The molecule has 0 aromatic heterocycles. The molecule has 1 heterocycles. The number of urea groups is 1. The standard InChI is InChI=1S/C12H21N3O4/c1-11(2,8(13)16)6-14-10(19)15-5-4-12(3,7-15)9(17)18/h4-7H2,1-3H3,(H2,13,16)(H,14,19)(H,17,18). The molecule has 4 N–H and O–H groups in total. The fourth-order valence-corrected chi connectivity index (χ4v) is 1.80. The molecule has 1 aliphatic rings. The van der Waals surface area contributed by atoms with Crippen molar-refractivity contribution < 1.29 is 19.5 Å². The summed E-state index contributed by atoms with van der Waals surface area (Å²) in [7, 11) is 0. The molecule has 0 radical (unpaired) electrons. The van der Waals surface area contributed by atoms with Gasteiger partial charge in [0.15, 0.2) is 0 Å². The van der Waals surface area contributed by atoms with Gasteiger partial charge in [-0.2, -0.15) is 0 Å². The second kappa shape index (κ2) is 5.07. The maximum Gasteiger partial charge on any atom is 0.317 e. The summed E-state index contributed by atoms with van der Waals surface area (Å²) in [5.74, 6) is -1.40. The monoisotopic (exact) mass is 271 g/mol. The van der Waals surface area contributed by atoms with Crippen LogP contribution in [0.4, 0.5) is 4.79 Å². The van der Waals surface area contributed by atoms with E-state index in [1.807, 2.05) is 0 Å². The van der Waals surface area contributed by atoms with Crippen LogP contribution >= 0.6 is 0 Å². The van der Waals surface area contributed by atoms with Crippen LogP contribution in [0.15, 0.2) is 0 Å². The van der Waals surface area contributed by atoms with E-state index in [1.165, 1.54) is 4.90 Å². The van der Waals surface area contributed by atoms with E-state index >= 15 is 0 Å². The Labute approximate surface area is 112 Å². The number of likely N-dealkylation sites (tertiary alicyclic amines) is 1. The molecule has 7 nitrogen and oxygen atoms in total. The second-order valence-electron chi connectivity index (χ2n) is 5.94. The number of hydrogen-bond donors (Lipinski definition) is 3. The molecule has 1 rings (SSSR count). The number of carbonyl (C=O) groups is 3. The van der Waals surface area contributed by atoms with Crippen molar-refractivity contribution in [3.05, 3.63) is 0 Å². The number of amides is 3. The van der Waals surface area contributed by atoms with Crippen LogP contribution in [0.2, 0.25) is 0 Å². The Morgan fingerprint density at radius 1 is 1.42 bits per heavy atom. The molecule has 0 saturated carbocycles. The van der Waals surface area contributed by atoms with E-state index in [4.69, 9.17) is 10.8 Å². The SMILES string of the molecule is CC(C)(CNC(=O)N1CCC(C)(C(=O)O)C1)C(N)=O. The van der Waals surface area contributed by atoms with Gasteiger partial charge in [-0.15, -0.1) is 0 Å². The number of hydrogen-bond acceptors (Lipinski definition) is 3. The lowest BCUT2D eigenvalue weighted by atomic mass is 9.90. The number of nitrogens with one attached hydrogen (secondary N) is 1. The van der Waals surface area contributed by atoms with Crippen molar-refractivity contribution in [3.63, 3.8) is 0 Å². The zero-order valence-electron chi connectivity index (χ0n) is 11.5. The number of primary amides is 1. The van der Waals surface area contributed by atoms with Gasteiger partial charge in [-0.1, -0.05) is 0 Å². The Hall–Kier alpha value is -1.79. The lowest BCUT2D eigenvalue weighted by Gasteiger charge is -2.24. The Balaban J connectivity index is 2.53. The molecule has 1 saturated heterocycles. The summed E-state index contributed by atoms with van der Waals surface area (Å²) in [5.41, 5.74) is 3.49. The molecule has 1 fully saturated rings. The highest BCUT2D eigenvalue weighted by atomic mass is 16.4. The molecule has 0 aromatic carbocycles. The second-order valence-corrected chi connectivity index (χ2v) is 5.94. The summed E-state index contributed by atoms with van der Waals surface area (Å²) in [5, 5.41) is 11.7. The summed E-state index contributed by atoms with van der Waals surface area (Å²) in [4.78, 5) is 35.5. The highest BCUT2D eigenvalue weighted by Crippen LogP contribution is 2.30. The highest BCUT2D eigenvalue weighted by Gasteiger charge is 2.42. The predicted molar refractivity (Wildman–Crippen MR) is 68.3 cm³/mol. The zero-order chi connectivity index (χ0) is 14.8. The number of carboxylic acid groups (broad SMARTS) is 1. The summed E-state index contributed by atoms with van der Waals surface area (Å²) in [6.07, 6.45) is 0.426. The molecule has 19 heavy (non-hydrogen) atoms. The summed E-state index contributed by atoms with van der Waals surface area (Å²) >= 11 is 0. The van der Waals surface area contributed by atoms with Gasteiger partial charge < -0.3 is 21.1 Å². The number of nitrogens with zero attached hydrogens (tertiary/aromatic N) is 1. The predicted octanol–water partition coefficient (Wildman–Crippen LogP) is 0.00410. The van der Waals surface area contributed by atoms with Crippen molar-refractivity contribution in [2.75, 3.05) is 19.6 Å². The molecule has 0 spiro atoms. The Morgan fingerprint density at radius 2 is 2.00 bits per heavy atom. The summed E-state index contributed by atoms with van der Waals surface area (Å²) in [6.45, 7) is 5.59. The third-order valence-corrected chi connectivity index (χ3v) is 3.63. The van der Waals surface area contributed by atoms with Crippen molar-refractivity contribution in [3.8, 4) is 0 Å². The minimum absolute atomic E-state index is 0.126. The molecule has 1 aliphatic heterocycles. The summed E-state index contributed by atoms with van der Waals surface area (Å²) in [6, 6.07) is -0.362. The fourth-order valence-electron chi connectivity index (χ4n) is 1.80. The number of aliphatic carboxylic acids is 1. The topological polar surface area (TPSA) is 113 Å². The van der Waals surface area contributed by atoms with Gasteiger partial charge in [0, 0.05) is 19.6 Å². The minimum atomic E-state index is -0.903. The first-order chi connectivity index (χ1) is 8.58. The fraction of sp³-hybridized carbons (Fsp3) is 0.750. The van der Waals surface area contributed by atoms with Crippen LogP contribution < -0.4 is 11.1 Å². The van der Waals surface area contributed by atoms with Gasteiger partial charge in [0.2, 0.25) is 5.91 Å². The maximum absolute atomic E-state index is 11.9. The smallest absolute Gasteiger partial charge is 0.317 e. The van der Waals surface area contributed by atoms with E-state index in [9.17, 15) is 14.4 Å². The molecule has 1 atom stereocenters. The first kappa shape index (κ1) is 15.3. The first-order valence-corrected chi connectivity index (χ1v) is 6.14. The van der Waals surface area contributed by atoms with Gasteiger partial charge >= 0.3 is 12.0 Å². The van der Waals surface area contributed by atoms with E-state index in [-0.39, 0.29) is 19.1 Å². The van der Waals surface area contributed by atoms with Crippen LogP contribution in [0.5, 0.6) is 0 Å². The Bertz CT molecular complexity index is 408. The quantitative estimate of drug-likeness (QED) is 0.668. The lowest BCUT2D eigenvalue weighted by Crippen LogP contribution is -2.47. The van der Waals surface area contributed by atoms with E-state index in [0.717, 1.165) is 0 Å². The van der Waals surface area contributed by atoms with Crippen molar-refractivity contribution in [1.29, 1.82) is 0 Å². The molecule has 3 amide bonds. The van der Waals surface area contributed by atoms with Gasteiger partial charge in [0.1, 0.15) is 0 Å². The average molecular weight is 271 g/mol. The van der Waals surface area contributed by atoms with Crippen LogP contribution in [-0.4, -0.2) is 47.5 Å². The van der Waals surface area contributed by atoms with Gasteiger partial charge in [0.25, 0.3) is 0 Å². The zero-order valence-corrected chi connectivity index (χ0v) is 11.5. The van der Waals surface area contributed by atoms with Crippen molar-refractivity contribution in [1.82, 2.24) is 10.2 Å². The van der Waals surface area contributed by atoms with Gasteiger partial charge in [-0.05, 0) is 27.2 Å². The Kier molecular flexibility index (Phi) is 4.07. The van der Waals surface area contributed by atoms with E-state index in [0.29, 0.717) is 13.0 Å². The van der Waals surface area contributed by atoms with Crippen molar-refractivity contribution in [2.45, 2.75) is 27.2 Å². The van der Waals surface area contributed by atoms with E-state index in [2.05, 4.69) is 5.32 Å².